The van der Waals surface area contributed by atoms with Crippen molar-refractivity contribution >= 4 is 34.9 Å². The maximum Gasteiger partial charge on any atom is 0.308 e. The van der Waals surface area contributed by atoms with Crippen molar-refractivity contribution in [2.75, 3.05) is 12.0 Å². The van der Waals surface area contributed by atoms with Crippen LogP contribution in [-0.4, -0.2) is 35.0 Å². The van der Waals surface area contributed by atoms with Crippen molar-refractivity contribution in [2.24, 2.45) is 0 Å². The van der Waals surface area contributed by atoms with Gasteiger partial charge in [0.2, 0.25) is 0 Å². The Balaban J connectivity index is 2.00. The number of nitrogens with zero attached hydrogens (tertiary/aromatic N) is 2. The lowest BCUT2D eigenvalue weighted by Crippen LogP contribution is -2.38. The normalized spacial score (nSPS) is 18.2. The first-order chi connectivity index (χ1) is 12.5. The van der Waals surface area contributed by atoms with Gasteiger partial charge in [-0.2, -0.15) is 0 Å². The molecule has 2 aromatic carbocycles. The second-order valence-corrected chi connectivity index (χ2v) is 6.45. The molecule has 1 aliphatic heterocycles. The van der Waals surface area contributed by atoms with Crippen LogP contribution in [0.3, 0.4) is 0 Å². The fourth-order valence-corrected chi connectivity index (χ4v) is 3.66. The van der Waals surface area contributed by atoms with Crippen molar-refractivity contribution in [2.45, 2.75) is 25.4 Å². The highest BCUT2D eigenvalue weighted by molar-refractivity contribution is 7.80. The highest BCUT2D eigenvalue weighted by atomic mass is 32.1. The Morgan fingerprint density at radius 1 is 1.12 bits per heavy atom. The quantitative estimate of drug-likeness (QED) is 0.599. The molecule has 26 heavy (non-hydrogen) atoms. The van der Waals surface area contributed by atoms with E-state index < -0.39 is 12.0 Å². The number of benzene rings is 2. The molecule has 0 bridgehead atoms. The fourth-order valence-electron chi connectivity index (χ4n) is 3.18. The molecule has 134 valence electrons. The summed E-state index contributed by atoms with van der Waals surface area (Å²) in [6.45, 7) is 1.98. The third-order valence-electron chi connectivity index (χ3n) is 4.55. The van der Waals surface area contributed by atoms with Crippen molar-refractivity contribution in [3.8, 4) is 0 Å². The summed E-state index contributed by atoms with van der Waals surface area (Å²) >= 11 is 5.64. The predicted octanol–water partition coefficient (Wildman–Crippen LogP) is 3.31. The largest absolute Gasteiger partial charge is 0.469 e. The van der Waals surface area contributed by atoms with Crippen molar-refractivity contribution in [1.29, 1.82) is 0 Å². The summed E-state index contributed by atoms with van der Waals surface area (Å²) in [5.41, 5.74) is 1.72. The highest BCUT2D eigenvalue weighted by Crippen LogP contribution is 2.34. The Labute approximate surface area is 158 Å². The maximum atomic E-state index is 13.1. The Bertz CT molecular complexity index is 810. The van der Waals surface area contributed by atoms with Gasteiger partial charge < -0.3 is 9.64 Å². The average Bonchev–Trinajstić information content (AvgIpc) is 2.92. The lowest BCUT2D eigenvalue weighted by Gasteiger charge is -2.30. The summed E-state index contributed by atoms with van der Waals surface area (Å²) < 4.78 is 4.79. The number of hydrogen-bond donors (Lipinski definition) is 0. The van der Waals surface area contributed by atoms with Gasteiger partial charge in [-0.3, -0.25) is 14.5 Å². The molecule has 0 aromatic heterocycles. The molecule has 1 fully saturated rings. The number of esters is 1. The van der Waals surface area contributed by atoms with Crippen LogP contribution in [0.4, 0.5) is 5.69 Å². The van der Waals surface area contributed by atoms with Crippen LogP contribution in [0.5, 0.6) is 0 Å². The SMILES string of the molecule is COC(=O)CC1C(=O)N(c2ccccc2)C(=S)N1C(C)c1ccccc1. The van der Waals surface area contributed by atoms with Gasteiger partial charge in [-0.05, 0) is 36.8 Å². The van der Waals surface area contributed by atoms with Gasteiger partial charge in [-0.25, -0.2) is 0 Å². The Kier molecular flexibility index (Phi) is 5.32. The van der Waals surface area contributed by atoms with E-state index in [0.29, 0.717) is 10.8 Å². The van der Waals surface area contributed by atoms with Crippen molar-refractivity contribution < 1.29 is 14.3 Å². The summed E-state index contributed by atoms with van der Waals surface area (Å²) in [6, 6.07) is 18.2. The summed E-state index contributed by atoms with van der Waals surface area (Å²) in [5.74, 6) is -0.652. The van der Waals surface area contributed by atoms with E-state index in [0.717, 1.165) is 5.56 Å². The van der Waals surface area contributed by atoms with Crippen molar-refractivity contribution in [3.05, 3.63) is 66.2 Å². The van der Waals surface area contributed by atoms with Crippen LogP contribution in [0.25, 0.3) is 0 Å². The second-order valence-electron chi connectivity index (χ2n) is 6.08. The molecule has 1 heterocycles. The minimum Gasteiger partial charge on any atom is -0.469 e. The first-order valence-electron chi connectivity index (χ1n) is 8.37. The first-order valence-corrected chi connectivity index (χ1v) is 8.78. The number of anilines is 1. The summed E-state index contributed by atoms with van der Waals surface area (Å²) in [6.07, 6.45) is -0.0457. The van der Waals surface area contributed by atoms with Crippen LogP contribution in [-0.2, 0) is 14.3 Å². The van der Waals surface area contributed by atoms with Gasteiger partial charge >= 0.3 is 5.97 Å². The van der Waals surface area contributed by atoms with Gasteiger partial charge in [-0.1, -0.05) is 48.5 Å². The second kappa shape index (κ2) is 7.66. The lowest BCUT2D eigenvalue weighted by molar-refractivity contribution is -0.143. The third-order valence-corrected chi connectivity index (χ3v) is 4.95. The van der Waals surface area contributed by atoms with Crippen molar-refractivity contribution in [1.82, 2.24) is 4.90 Å². The zero-order valence-electron chi connectivity index (χ0n) is 14.7. The molecule has 0 spiro atoms. The molecular formula is C20H20N2O3S. The zero-order chi connectivity index (χ0) is 18.7. The molecule has 1 amide bonds. The third kappa shape index (κ3) is 3.32. The van der Waals surface area contributed by atoms with E-state index in [1.54, 1.807) is 0 Å². The van der Waals surface area contributed by atoms with E-state index in [4.69, 9.17) is 17.0 Å². The fraction of sp³-hybridized carbons (Fsp3) is 0.250. The first kappa shape index (κ1) is 18.1. The van der Waals surface area contributed by atoms with Crippen LogP contribution in [0.1, 0.15) is 24.9 Å². The topological polar surface area (TPSA) is 49.9 Å². The number of ether oxygens (including phenoxy) is 1. The monoisotopic (exact) mass is 368 g/mol. The number of thiocarbonyl (C=S) groups is 1. The Morgan fingerprint density at radius 2 is 1.69 bits per heavy atom. The van der Waals surface area contributed by atoms with E-state index in [1.807, 2.05) is 72.5 Å². The number of hydrogen-bond acceptors (Lipinski definition) is 4. The van der Waals surface area contributed by atoms with Gasteiger partial charge in [0.1, 0.15) is 6.04 Å². The summed E-state index contributed by atoms with van der Waals surface area (Å²) in [4.78, 5) is 28.3. The minimum atomic E-state index is -0.689. The molecule has 1 aliphatic rings. The zero-order valence-corrected chi connectivity index (χ0v) is 15.5. The Hall–Kier alpha value is -2.73. The van der Waals surface area contributed by atoms with Crippen LogP contribution in [0.2, 0.25) is 0 Å². The van der Waals surface area contributed by atoms with Gasteiger partial charge in [0, 0.05) is 0 Å². The number of methoxy groups -OCH3 is 1. The molecular weight excluding hydrogens is 348 g/mol. The van der Waals surface area contributed by atoms with Crippen molar-refractivity contribution in [3.63, 3.8) is 0 Å². The summed E-state index contributed by atoms with van der Waals surface area (Å²) in [7, 11) is 1.32. The average molecular weight is 368 g/mol. The molecule has 0 aliphatic carbocycles. The number of amides is 1. The minimum absolute atomic E-state index is 0.0457. The van der Waals surface area contributed by atoms with E-state index in [1.165, 1.54) is 12.0 Å². The van der Waals surface area contributed by atoms with Gasteiger partial charge in [0.05, 0.1) is 25.3 Å². The van der Waals surface area contributed by atoms with Gasteiger partial charge in [0.25, 0.3) is 5.91 Å². The molecule has 2 aromatic rings. The van der Waals surface area contributed by atoms with Crippen LogP contribution < -0.4 is 4.90 Å². The van der Waals surface area contributed by atoms with Gasteiger partial charge in [0.15, 0.2) is 5.11 Å². The molecule has 2 atom stereocenters. The van der Waals surface area contributed by atoms with Crippen LogP contribution in [0.15, 0.2) is 60.7 Å². The number of rotatable bonds is 5. The molecule has 0 radical (unpaired) electrons. The molecule has 0 N–H and O–H groups in total. The number of carbonyl (C=O) groups is 2. The molecule has 2 unspecified atom stereocenters. The standard InChI is InChI=1S/C20H20N2O3S/c1-14(15-9-5-3-6-10-15)21-17(13-18(23)25-2)19(24)22(20(21)26)16-11-7-4-8-12-16/h3-12,14,17H,13H2,1-2H3. The lowest BCUT2D eigenvalue weighted by atomic mass is 10.0. The van der Waals surface area contributed by atoms with E-state index in [2.05, 4.69) is 0 Å². The molecule has 0 saturated carbocycles. The van der Waals surface area contributed by atoms with E-state index in [-0.39, 0.29) is 18.4 Å². The molecule has 5 nitrogen and oxygen atoms in total. The highest BCUT2D eigenvalue weighted by Gasteiger charge is 2.46. The number of carbonyl (C=O) groups excluding carboxylic acids is 2. The predicted molar refractivity (Wildman–Crippen MR) is 104 cm³/mol. The number of para-hydroxylation sites is 1. The van der Waals surface area contributed by atoms with E-state index in [9.17, 15) is 9.59 Å². The maximum absolute atomic E-state index is 13.1. The Morgan fingerprint density at radius 3 is 2.27 bits per heavy atom. The smallest absolute Gasteiger partial charge is 0.308 e. The van der Waals surface area contributed by atoms with E-state index >= 15 is 0 Å². The van der Waals surface area contributed by atoms with Crippen LogP contribution >= 0.6 is 12.2 Å². The molecule has 6 heteroatoms. The molecule has 3 rings (SSSR count). The summed E-state index contributed by atoms with van der Waals surface area (Å²) in [5, 5.41) is 0.395. The molecule has 1 saturated heterocycles. The van der Waals surface area contributed by atoms with Crippen LogP contribution in [0, 0.1) is 0 Å². The van der Waals surface area contributed by atoms with Gasteiger partial charge in [-0.15, -0.1) is 0 Å².